The van der Waals surface area contributed by atoms with E-state index in [0.717, 1.165) is 28.2 Å². The van der Waals surface area contributed by atoms with Crippen molar-refractivity contribution < 1.29 is 9.53 Å². The van der Waals surface area contributed by atoms with Gasteiger partial charge in [0.15, 0.2) is 5.01 Å². The Morgan fingerprint density at radius 1 is 1.11 bits per heavy atom. The lowest BCUT2D eigenvalue weighted by Gasteiger charge is -2.03. The van der Waals surface area contributed by atoms with Gasteiger partial charge in [0.2, 0.25) is 5.01 Å². The number of rotatable bonds is 6. The molecule has 7 heteroatoms. The van der Waals surface area contributed by atoms with Crippen molar-refractivity contribution in [3.8, 4) is 5.75 Å². The van der Waals surface area contributed by atoms with E-state index < -0.39 is 0 Å². The van der Waals surface area contributed by atoms with Gasteiger partial charge in [0.1, 0.15) is 5.75 Å². The van der Waals surface area contributed by atoms with Crippen LogP contribution in [-0.4, -0.2) is 23.2 Å². The van der Waals surface area contributed by atoms with Crippen LogP contribution in [0.3, 0.4) is 0 Å². The third-order valence-corrected chi connectivity index (χ3v) is 5.16. The third kappa shape index (κ3) is 5.15. The fourth-order valence-corrected chi connectivity index (χ4v) is 3.23. The van der Waals surface area contributed by atoms with Gasteiger partial charge in [-0.3, -0.25) is 4.79 Å². The number of carbonyl (C=O) groups is 1. The summed E-state index contributed by atoms with van der Waals surface area (Å²) in [5.41, 5.74) is 3.11. The number of aryl methyl sites for hydroxylation is 1. The second-order valence-corrected chi connectivity index (χ2v) is 7.23. The van der Waals surface area contributed by atoms with Crippen LogP contribution in [0.1, 0.15) is 31.5 Å². The highest BCUT2D eigenvalue weighted by atomic mass is 35.5. The van der Waals surface area contributed by atoms with Crippen molar-refractivity contribution in [1.29, 1.82) is 0 Å². The van der Waals surface area contributed by atoms with Crippen molar-refractivity contribution >= 4 is 40.0 Å². The van der Waals surface area contributed by atoms with E-state index in [1.54, 1.807) is 13.2 Å². The van der Waals surface area contributed by atoms with E-state index in [0.29, 0.717) is 16.6 Å². The van der Waals surface area contributed by atoms with Crippen LogP contribution in [0, 0.1) is 6.92 Å². The number of halogens is 1. The maximum Gasteiger partial charge on any atom is 0.282 e. The Hall–Kier alpha value is -2.70. The summed E-state index contributed by atoms with van der Waals surface area (Å²) in [6.45, 7) is 2.46. The number of carbonyl (C=O) groups excluding carboxylic acids is 1. The van der Waals surface area contributed by atoms with Gasteiger partial charge in [0.05, 0.1) is 12.1 Å². The molecule has 1 amide bonds. The molecule has 5 nitrogen and oxygen atoms in total. The van der Waals surface area contributed by atoms with Crippen LogP contribution in [0.2, 0.25) is 0 Å². The number of benzene rings is 2. The third-order valence-electron chi connectivity index (χ3n) is 3.81. The Kier molecular flexibility index (Phi) is 6.21. The smallest absolute Gasteiger partial charge is 0.282 e. The molecule has 0 aliphatic rings. The molecule has 0 saturated heterocycles. The second kappa shape index (κ2) is 8.79. The van der Waals surface area contributed by atoms with Crippen molar-refractivity contribution in [2.45, 2.75) is 13.5 Å². The number of hydrogen-bond acceptors (Lipinski definition) is 5. The topological polar surface area (TPSA) is 64.1 Å². The summed E-state index contributed by atoms with van der Waals surface area (Å²) in [6.07, 6.45) is 1.77. The molecular weight excluding hydrogens is 382 g/mol. The zero-order chi connectivity index (χ0) is 19.2. The second-order valence-electron chi connectivity index (χ2n) is 5.85. The molecule has 1 aromatic heterocycles. The van der Waals surface area contributed by atoms with Gasteiger partial charge in [-0.2, -0.15) is 0 Å². The van der Waals surface area contributed by atoms with E-state index in [1.807, 2.05) is 55.5 Å². The number of amides is 1. The summed E-state index contributed by atoms with van der Waals surface area (Å²) < 4.78 is 5.13. The fourth-order valence-electron chi connectivity index (χ4n) is 2.28. The molecule has 0 fully saturated rings. The molecule has 0 spiro atoms. The number of methoxy groups -OCH3 is 1. The SMILES string of the molecule is COc1ccc(/C=C(\Cl)c2nnc(C(=O)NCc3ccc(C)cc3)s2)cc1. The lowest BCUT2D eigenvalue weighted by atomic mass is 10.1. The minimum atomic E-state index is -0.270. The Labute approximate surface area is 166 Å². The summed E-state index contributed by atoms with van der Waals surface area (Å²) in [4.78, 5) is 12.3. The molecule has 1 heterocycles. The first-order valence-electron chi connectivity index (χ1n) is 8.24. The summed E-state index contributed by atoms with van der Waals surface area (Å²) in [7, 11) is 1.62. The standard InChI is InChI=1S/C20H18ClN3O2S/c1-13-3-5-15(6-4-13)12-22-18(25)20-24-23-19(27-20)17(21)11-14-7-9-16(26-2)10-8-14/h3-11H,12H2,1-2H3,(H,22,25)/b17-11-. The van der Waals surface area contributed by atoms with Gasteiger partial charge in [-0.05, 0) is 36.3 Å². The number of ether oxygens (including phenoxy) is 1. The first-order valence-corrected chi connectivity index (χ1v) is 9.43. The van der Waals surface area contributed by atoms with Crippen molar-refractivity contribution in [2.24, 2.45) is 0 Å². The van der Waals surface area contributed by atoms with Gasteiger partial charge in [0, 0.05) is 6.54 Å². The molecule has 2 aromatic carbocycles. The fraction of sp³-hybridized carbons (Fsp3) is 0.150. The molecule has 3 rings (SSSR count). The summed E-state index contributed by atoms with van der Waals surface area (Å²) in [5, 5.41) is 12.0. The highest BCUT2D eigenvalue weighted by Crippen LogP contribution is 2.26. The van der Waals surface area contributed by atoms with Gasteiger partial charge < -0.3 is 10.1 Å². The minimum Gasteiger partial charge on any atom is -0.497 e. The van der Waals surface area contributed by atoms with Crippen LogP contribution >= 0.6 is 22.9 Å². The zero-order valence-corrected chi connectivity index (χ0v) is 16.5. The van der Waals surface area contributed by atoms with Gasteiger partial charge in [-0.15, -0.1) is 10.2 Å². The summed E-state index contributed by atoms with van der Waals surface area (Å²) in [6, 6.07) is 15.4. The molecule has 1 N–H and O–H groups in total. The Balaban J connectivity index is 1.64. The van der Waals surface area contributed by atoms with Crippen LogP contribution in [0.5, 0.6) is 5.75 Å². The van der Waals surface area contributed by atoms with E-state index in [2.05, 4.69) is 15.5 Å². The predicted molar refractivity (Wildman–Crippen MR) is 109 cm³/mol. The zero-order valence-electron chi connectivity index (χ0n) is 14.9. The number of aromatic nitrogens is 2. The van der Waals surface area contributed by atoms with E-state index in [1.165, 1.54) is 5.56 Å². The summed E-state index contributed by atoms with van der Waals surface area (Å²) >= 11 is 7.48. The number of nitrogens with zero attached hydrogens (tertiary/aromatic N) is 2. The molecule has 0 aliphatic heterocycles. The molecule has 0 aliphatic carbocycles. The Bertz CT molecular complexity index is 950. The lowest BCUT2D eigenvalue weighted by Crippen LogP contribution is -2.22. The average Bonchev–Trinajstić information content (AvgIpc) is 3.18. The highest BCUT2D eigenvalue weighted by molar-refractivity contribution is 7.15. The van der Waals surface area contributed by atoms with E-state index in [4.69, 9.17) is 16.3 Å². The molecule has 0 bridgehead atoms. The van der Waals surface area contributed by atoms with E-state index in [-0.39, 0.29) is 10.9 Å². The molecule has 0 radical (unpaired) electrons. The van der Waals surface area contributed by atoms with Gasteiger partial charge in [-0.25, -0.2) is 0 Å². The van der Waals surface area contributed by atoms with E-state index in [9.17, 15) is 4.79 Å². The van der Waals surface area contributed by atoms with Crippen molar-refractivity contribution in [2.75, 3.05) is 7.11 Å². The van der Waals surface area contributed by atoms with Gasteiger partial charge in [-0.1, -0.05) is 64.9 Å². The Morgan fingerprint density at radius 3 is 2.44 bits per heavy atom. The van der Waals surface area contributed by atoms with Crippen molar-refractivity contribution in [1.82, 2.24) is 15.5 Å². The van der Waals surface area contributed by atoms with Gasteiger partial charge in [0.25, 0.3) is 5.91 Å². The molecule has 0 atom stereocenters. The van der Waals surface area contributed by atoms with Crippen LogP contribution in [-0.2, 0) is 6.54 Å². The normalized spacial score (nSPS) is 11.3. The molecule has 138 valence electrons. The predicted octanol–water partition coefficient (Wildman–Crippen LogP) is 4.52. The number of nitrogens with one attached hydrogen (secondary N) is 1. The lowest BCUT2D eigenvalue weighted by molar-refractivity contribution is 0.0950. The molecule has 3 aromatic rings. The Morgan fingerprint density at radius 2 is 1.78 bits per heavy atom. The molecular formula is C20H18ClN3O2S. The monoisotopic (exact) mass is 399 g/mol. The quantitative estimate of drug-likeness (QED) is 0.661. The van der Waals surface area contributed by atoms with Crippen molar-refractivity contribution in [3.05, 3.63) is 75.2 Å². The summed E-state index contributed by atoms with van der Waals surface area (Å²) in [5.74, 6) is 0.500. The molecule has 0 unspecified atom stereocenters. The maximum atomic E-state index is 12.3. The average molecular weight is 400 g/mol. The number of hydrogen-bond donors (Lipinski definition) is 1. The molecule has 0 saturated carbocycles. The van der Waals surface area contributed by atoms with Crippen LogP contribution in [0.25, 0.3) is 11.1 Å². The minimum absolute atomic E-state index is 0.270. The van der Waals surface area contributed by atoms with E-state index >= 15 is 0 Å². The van der Waals surface area contributed by atoms with Crippen molar-refractivity contribution in [3.63, 3.8) is 0 Å². The van der Waals surface area contributed by atoms with Crippen LogP contribution in [0.15, 0.2) is 48.5 Å². The maximum absolute atomic E-state index is 12.3. The molecule has 27 heavy (non-hydrogen) atoms. The first kappa shape index (κ1) is 19.1. The largest absolute Gasteiger partial charge is 0.497 e. The van der Waals surface area contributed by atoms with Gasteiger partial charge >= 0.3 is 0 Å². The highest BCUT2D eigenvalue weighted by Gasteiger charge is 2.14. The first-order chi connectivity index (χ1) is 13.0. The van der Waals surface area contributed by atoms with Crippen LogP contribution < -0.4 is 10.1 Å². The van der Waals surface area contributed by atoms with Crippen LogP contribution in [0.4, 0.5) is 0 Å².